The summed E-state index contributed by atoms with van der Waals surface area (Å²) in [6, 6.07) is 7.40. The van der Waals surface area contributed by atoms with E-state index in [1.165, 1.54) is 6.07 Å². The normalized spacial score (nSPS) is 14.2. The van der Waals surface area contributed by atoms with Crippen LogP contribution in [0.3, 0.4) is 0 Å². The lowest BCUT2D eigenvalue weighted by molar-refractivity contribution is -0.107. The van der Waals surface area contributed by atoms with Crippen molar-refractivity contribution < 1.29 is 4.79 Å². The summed E-state index contributed by atoms with van der Waals surface area (Å²) in [4.78, 5) is 37.7. The van der Waals surface area contributed by atoms with Crippen LogP contribution in [0.25, 0.3) is 11.0 Å². The number of terminal acetylenes is 1. The molecule has 9 nitrogen and oxygen atoms in total. The lowest BCUT2D eigenvalue weighted by Crippen LogP contribution is -2.44. The van der Waals surface area contributed by atoms with Gasteiger partial charge < -0.3 is 25.2 Å². The second-order valence-corrected chi connectivity index (χ2v) is 8.36. The van der Waals surface area contributed by atoms with Crippen molar-refractivity contribution >= 4 is 34.6 Å². The average Bonchev–Trinajstić information content (AvgIpc) is 2.84. The number of fused-ring (bicyclic) bond motifs is 1. The Morgan fingerprint density at radius 1 is 1.21 bits per heavy atom. The van der Waals surface area contributed by atoms with Crippen LogP contribution < -0.4 is 21.1 Å². The van der Waals surface area contributed by atoms with Gasteiger partial charge in [0.1, 0.15) is 11.9 Å². The maximum absolute atomic E-state index is 12.6. The smallest absolute Gasteiger partial charge is 0.253 e. The fourth-order valence-electron chi connectivity index (χ4n) is 4.17. The number of aromatic nitrogens is 3. The Hall–Kier alpha value is -3.74. The Morgan fingerprint density at radius 2 is 2.00 bits per heavy atom. The molecule has 0 atom stereocenters. The van der Waals surface area contributed by atoms with Crippen molar-refractivity contribution in [1.82, 2.24) is 24.8 Å². The number of nitrogens with zero attached hydrogens (tertiary/aromatic N) is 5. The summed E-state index contributed by atoms with van der Waals surface area (Å²) in [6.07, 6.45) is 8.50. The maximum Gasteiger partial charge on any atom is 0.253 e. The van der Waals surface area contributed by atoms with E-state index in [0.717, 1.165) is 49.4 Å². The number of rotatable bonds is 8. The number of benzene rings is 1. The first kappa shape index (κ1) is 23.4. The van der Waals surface area contributed by atoms with E-state index in [4.69, 9.17) is 6.42 Å². The Morgan fingerprint density at radius 3 is 2.71 bits per heavy atom. The molecule has 0 radical (unpaired) electrons. The molecule has 34 heavy (non-hydrogen) atoms. The van der Waals surface area contributed by atoms with Gasteiger partial charge in [0.25, 0.3) is 5.56 Å². The molecule has 1 fully saturated rings. The number of pyridine rings is 1. The third kappa shape index (κ3) is 4.93. The number of nitrogens with one attached hydrogen (secondary N) is 2. The van der Waals surface area contributed by atoms with Gasteiger partial charge in [-0.2, -0.15) is 4.98 Å². The molecule has 4 rings (SSSR count). The molecule has 1 aliphatic heterocycles. The first-order valence-corrected chi connectivity index (χ1v) is 11.3. The van der Waals surface area contributed by atoms with Gasteiger partial charge in [0, 0.05) is 74.9 Å². The first-order valence-electron chi connectivity index (χ1n) is 11.3. The van der Waals surface area contributed by atoms with Gasteiger partial charge >= 0.3 is 0 Å². The number of hydrogen-bond acceptors (Lipinski definition) is 8. The highest BCUT2D eigenvalue weighted by Crippen LogP contribution is 2.27. The lowest BCUT2D eigenvalue weighted by atomic mass is 10.1. The number of anilines is 3. The predicted molar refractivity (Wildman–Crippen MR) is 135 cm³/mol. The molecule has 0 spiro atoms. The first-order chi connectivity index (χ1) is 16.5. The molecule has 2 aromatic heterocycles. The zero-order valence-corrected chi connectivity index (χ0v) is 19.5. The second kappa shape index (κ2) is 10.5. The summed E-state index contributed by atoms with van der Waals surface area (Å²) in [5.74, 6) is 2.91. The highest BCUT2D eigenvalue weighted by atomic mass is 16.1. The lowest BCUT2D eigenvalue weighted by Gasteiger charge is -2.35. The molecule has 0 unspecified atom stereocenters. The standard InChI is InChI=1S/C25H29N7O2/c1-4-18-16-23(34)32(9-8-26-2)24-21(18)17-27-25(29-24)28-20-5-6-22(19(15-20)7-14-33)31-12-10-30(3)11-13-31/h1,5-6,14-17,26H,7-13H2,2-3H3,(H,27,28,29). The van der Waals surface area contributed by atoms with Gasteiger partial charge in [0.15, 0.2) is 0 Å². The van der Waals surface area contributed by atoms with Crippen LogP contribution in [-0.2, 0) is 17.8 Å². The van der Waals surface area contributed by atoms with Crippen molar-refractivity contribution in [3.05, 3.63) is 51.9 Å². The molecule has 1 aromatic carbocycles. The minimum Gasteiger partial charge on any atom is -0.369 e. The van der Waals surface area contributed by atoms with Gasteiger partial charge in [0.05, 0.1) is 5.39 Å². The van der Waals surface area contributed by atoms with Gasteiger partial charge in [-0.1, -0.05) is 5.92 Å². The number of carbonyl (C=O) groups is 1. The fraction of sp³-hybridized carbons (Fsp3) is 0.360. The Balaban J connectivity index is 1.67. The van der Waals surface area contributed by atoms with E-state index in [0.29, 0.717) is 42.1 Å². The third-order valence-electron chi connectivity index (χ3n) is 6.07. The molecule has 0 aliphatic carbocycles. The molecule has 1 aliphatic rings. The highest BCUT2D eigenvalue weighted by Gasteiger charge is 2.18. The Bertz CT molecular complexity index is 1290. The van der Waals surface area contributed by atoms with Crippen LogP contribution in [0.4, 0.5) is 17.3 Å². The van der Waals surface area contributed by atoms with Gasteiger partial charge in [-0.3, -0.25) is 9.36 Å². The fourth-order valence-corrected chi connectivity index (χ4v) is 4.17. The molecule has 3 heterocycles. The summed E-state index contributed by atoms with van der Waals surface area (Å²) in [5, 5.41) is 6.92. The van der Waals surface area contributed by atoms with Crippen molar-refractivity contribution in [2.75, 3.05) is 57.0 Å². The molecule has 0 saturated carbocycles. The van der Waals surface area contributed by atoms with Crippen LogP contribution in [0.15, 0.2) is 35.3 Å². The molecule has 0 bridgehead atoms. The monoisotopic (exact) mass is 459 g/mol. The van der Waals surface area contributed by atoms with Crippen molar-refractivity contribution in [2.24, 2.45) is 0 Å². The van der Waals surface area contributed by atoms with E-state index in [1.54, 1.807) is 10.8 Å². The number of piperazine rings is 1. The number of hydrogen-bond donors (Lipinski definition) is 2. The summed E-state index contributed by atoms with van der Waals surface area (Å²) >= 11 is 0. The van der Waals surface area contributed by atoms with E-state index >= 15 is 0 Å². The van der Waals surface area contributed by atoms with E-state index in [9.17, 15) is 9.59 Å². The molecular formula is C25H29N7O2. The zero-order valence-electron chi connectivity index (χ0n) is 19.5. The van der Waals surface area contributed by atoms with Crippen LogP contribution in [0.5, 0.6) is 0 Å². The molecule has 1 saturated heterocycles. The van der Waals surface area contributed by atoms with E-state index in [2.05, 4.69) is 43.4 Å². The molecular weight excluding hydrogens is 430 g/mol. The Labute approximate surface area is 198 Å². The maximum atomic E-state index is 12.6. The second-order valence-electron chi connectivity index (χ2n) is 8.36. The number of carbonyl (C=O) groups excluding carboxylic acids is 1. The van der Waals surface area contributed by atoms with Crippen LogP contribution in [0.2, 0.25) is 0 Å². The predicted octanol–water partition coefficient (Wildman–Crippen LogP) is 1.23. The van der Waals surface area contributed by atoms with Crippen molar-refractivity contribution in [3.63, 3.8) is 0 Å². The number of likely N-dealkylation sites (N-methyl/N-ethyl adjacent to an activating group) is 2. The topological polar surface area (TPSA) is 95.4 Å². The third-order valence-corrected chi connectivity index (χ3v) is 6.07. The van der Waals surface area contributed by atoms with Crippen LogP contribution in [-0.4, -0.2) is 72.5 Å². The molecule has 2 N–H and O–H groups in total. The van der Waals surface area contributed by atoms with Gasteiger partial charge in [-0.05, 0) is 37.9 Å². The summed E-state index contributed by atoms with van der Waals surface area (Å²) in [5.41, 5.74) is 3.54. The van der Waals surface area contributed by atoms with Crippen molar-refractivity contribution in [2.45, 2.75) is 13.0 Å². The summed E-state index contributed by atoms with van der Waals surface area (Å²) in [6.45, 7) is 4.88. The van der Waals surface area contributed by atoms with E-state index in [-0.39, 0.29) is 5.56 Å². The van der Waals surface area contributed by atoms with Gasteiger partial charge in [-0.25, -0.2) is 4.98 Å². The molecule has 176 valence electrons. The molecule has 9 heteroatoms. The summed E-state index contributed by atoms with van der Waals surface area (Å²) in [7, 11) is 3.94. The van der Waals surface area contributed by atoms with Gasteiger partial charge in [-0.15, -0.1) is 6.42 Å². The highest BCUT2D eigenvalue weighted by molar-refractivity contribution is 5.82. The van der Waals surface area contributed by atoms with E-state index < -0.39 is 0 Å². The van der Waals surface area contributed by atoms with Crippen molar-refractivity contribution in [3.8, 4) is 12.3 Å². The van der Waals surface area contributed by atoms with Crippen LogP contribution in [0.1, 0.15) is 11.1 Å². The van der Waals surface area contributed by atoms with E-state index in [1.807, 2.05) is 25.2 Å². The number of aldehydes is 1. The molecule has 0 amide bonds. The largest absolute Gasteiger partial charge is 0.369 e. The summed E-state index contributed by atoms with van der Waals surface area (Å²) < 4.78 is 1.59. The Kier molecular flexibility index (Phi) is 7.21. The molecule has 3 aromatic rings. The van der Waals surface area contributed by atoms with Crippen LogP contribution >= 0.6 is 0 Å². The average molecular weight is 460 g/mol. The SMILES string of the molecule is C#Cc1cc(=O)n(CCNC)c2nc(Nc3ccc(N4CCN(C)CC4)c(CC=O)c3)ncc12. The zero-order chi connectivity index (χ0) is 24.1. The quantitative estimate of drug-likeness (QED) is 0.384. The minimum atomic E-state index is -0.204. The van der Waals surface area contributed by atoms with Gasteiger partial charge in [0.2, 0.25) is 5.95 Å². The van der Waals surface area contributed by atoms with Crippen molar-refractivity contribution in [1.29, 1.82) is 0 Å². The van der Waals surface area contributed by atoms with Crippen LogP contribution in [0, 0.1) is 12.3 Å². The minimum absolute atomic E-state index is 0.204.